The van der Waals surface area contributed by atoms with Crippen LogP contribution in [0.5, 0.6) is 0 Å². The van der Waals surface area contributed by atoms with Gasteiger partial charge in [-0.2, -0.15) is 0 Å². The Hall–Kier alpha value is -1.93. The highest BCUT2D eigenvalue weighted by Crippen LogP contribution is 2.40. The number of amides is 2. The lowest BCUT2D eigenvalue weighted by Crippen LogP contribution is -2.57. The summed E-state index contributed by atoms with van der Waals surface area (Å²) in [5.74, 6) is -0.951. The van der Waals surface area contributed by atoms with Crippen molar-refractivity contribution in [2.24, 2.45) is 0 Å². The van der Waals surface area contributed by atoms with Crippen LogP contribution in [0.3, 0.4) is 0 Å². The Morgan fingerprint density at radius 1 is 1.19 bits per heavy atom. The summed E-state index contributed by atoms with van der Waals surface area (Å²) in [6.45, 7) is 3.16. The first-order valence-corrected chi connectivity index (χ1v) is 10.5. The van der Waals surface area contributed by atoms with Gasteiger partial charge in [0.2, 0.25) is 11.8 Å². The molecule has 2 heterocycles. The molecule has 8 heteroatoms. The van der Waals surface area contributed by atoms with Crippen LogP contribution in [0.25, 0.3) is 0 Å². The molecule has 1 aromatic carbocycles. The normalized spacial score (nSPS) is 21.3. The lowest BCUT2D eigenvalue weighted by molar-refractivity contribution is -0.139. The second kappa shape index (κ2) is 7.36. The summed E-state index contributed by atoms with van der Waals surface area (Å²) >= 11 is 0. The standard InChI is InChI=1S/C18H24N2O5S/c1-2-25-13-16(21)19-10-8-18(9-11-19)20(17(22)14-26(18,23)24)12-15-6-4-3-5-7-15/h3-7H,2,8-14H2,1H3. The van der Waals surface area contributed by atoms with Gasteiger partial charge in [0.1, 0.15) is 17.2 Å². The minimum atomic E-state index is -3.59. The topological polar surface area (TPSA) is 84.0 Å². The highest BCUT2D eigenvalue weighted by Gasteiger charge is 2.58. The molecule has 2 fully saturated rings. The molecule has 0 bridgehead atoms. The van der Waals surface area contributed by atoms with Crippen molar-refractivity contribution in [1.82, 2.24) is 9.80 Å². The first-order valence-electron chi connectivity index (χ1n) is 8.82. The van der Waals surface area contributed by atoms with E-state index in [9.17, 15) is 18.0 Å². The molecule has 2 amide bonds. The molecule has 0 atom stereocenters. The zero-order valence-corrected chi connectivity index (χ0v) is 15.7. The maximum absolute atomic E-state index is 12.8. The molecule has 26 heavy (non-hydrogen) atoms. The fraction of sp³-hybridized carbons (Fsp3) is 0.556. The molecule has 3 rings (SSSR count). The van der Waals surface area contributed by atoms with Crippen molar-refractivity contribution in [3.8, 4) is 0 Å². The highest BCUT2D eigenvalue weighted by atomic mass is 32.2. The van der Waals surface area contributed by atoms with E-state index in [1.807, 2.05) is 37.3 Å². The van der Waals surface area contributed by atoms with Crippen LogP contribution in [0.2, 0.25) is 0 Å². The Kier molecular flexibility index (Phi) is 5.34. The average molecular weight is 380 g/mol. The second-order valence-electron chi connectivity index (χ2n) is 6.69. The largest absolute Gasteiger partial charge is 0.372 e. The van der Waals surface area contributed by atoms with Crippen LogP contribution < -0.4 is 0 Å². The van der Waals surface area contributed by atoms with Gasteiger partial charge in [0.25, 0.3) is 0 Å². The number of carbonyl (C=O) groups is 2. The first kappa shape index (κ1) is 18.8. The van der Waals surface area contributed by atoms with Crippen molar-refractivity contribution in [2.75, 3.05) is 32.1 Å². The van der Waals surface area contributed by atoms with Crippen molar-refractivity contribution in [3.63, 3.8) is 0 Å². The van der Waals surface area contributed by atoms with Crippen LogP contribution in [-0.2, 0) is 30.7 Å². The van der Waals surface area contributed by atoms with Gasteiger partial charge >= 0.3 is 0 Å². The predicted molar refractivity (Wildman–Crippen MR) is 95.8 cm³/mol. The maximum atomic E-state index is 12.8. The van der Waals surface area contributed by atoms with Gasteiger partial charge in [-0.05, 0) is 12.5 Å². The monoisotopic (exact) mass is 380 g/mol. The number of sulfone groups is 1. The lowest BCUT2D eigenvalue weighted by Gasteiger charge is -2.43. The van der Waals surface area contributed by atoms with Crippen molar-refractivity contribution in [2.45, 2.75) is 31.2 Å². The predicted octanol–water partition coefficient (Wildman–Crippen LogP) is 0.799. The molecule has 2 saturated heterocycles. The van der Waals surface area contributed by atoms with E-state index in [-0.39, 0.29) is 37.8 Å². The zero-order chi connectivity index (χ0) is 18.8. The number of hydrogen-bond donors (Lipinski definition) is 0. The Labute approximate surface area is 153 Å². The Balaban J connectivity index is 1.79. The third kappa shape index (κ3) is 3.35. The van der Waals surface area contributed by atoms with Gasteiger partial charge in [0, 0.05) is 39.1 Å². The molecule has 0 radical (unpaired) electrons. The fourth-order valence-electron chi connectivity index (χ4n) is 3.74. The van der Waals surface area contributed by atoms with Crippen LogP contribution in [0.1, 0.15) is 25.3 Å². The van der Waals surface area contributed by atoms with E-state index in [0.717, 1.165) is 5.56 Å². The third-order valence-corrected chi connectivity index (χ3v) is 7.61. The molecule has 1 spiro atoms. The van der Waals surface area contributed by atoms with Crippen molar-refractivity contribution in [3.05, 3.63) is 35.9 Å². The van der Waals surface area contributed by atoms with E-state index in [2.05, 4.69) is 0 Å². The summed E-state index contributed by atoms with van der Waals surface area (Å²) in [6.07, 6.45) is 0.484. The summed E-state index contributed by atoms with van der Waals surface area (Å²) in [7, 11) is -3.59. The molecule has 142 valence electrons. The van der Waals surface area contributed by atoms with E-state index in [1.165, 1.54) is 4.90 Å². The molecule has 0 aromatic heterocycles. The smallest absolute Gasteiger partial charge is 0.248 e. The fourth-order valence-corrected chi connectivity index (χ4v) is 5.79. The van der Waals surface area contributed by atoms with Crippen LogP contribution in [0.15, 0.2) is 30.3 Å². The van der Waals surface area contributed by atoms with Gasteiger partial charge in [0.05, 0.1) is 0 Å². The molecular formula is C18H24N2O5S. The van der Waals surface area contributed by atoms with E-state index in [0.29, 0.717) is 19.7 Å². The van der Waals surface area contributed by atoms with E-state index >= 15 is 0 Å². The summed E-state index contributed by atoms with van der Waals surface area (Å²) < 4.78 is 30.8. The quantitative estimate of drug-likeness (QED) is 0.754. The van der Waals surface area contributed by atoms with Gasteiger partial charge in [-0.25, -0.2) is 8.42 Å². The molecule has 1 aromatic rings. The first-order chi connectivity index (χ1) is 12.4. The Morgan fingerprint density at radius 2 is 1.85 bits per heavy atom. The molecule has 0 saturated carbocycles. The molecule has 0 unspecified atom stereocenters. The Morgan fingerprint density at radius 3 is 2.46 bits per heavy atom. The summed E-state index contributed by atoms with van der Waals surface area (Å²) in [4.78, 5) is 26.5. The number of likely N-dealkylation sites (tertiary alicyclic amines) is 1. The van der Waals surface area contributed by atoms with E-state index in [4.69, 9.17) is 4.74 Å². The number of piperidine rings is 1. The average Bonchev–Trinajstić information content (AvgIpc) is 2.81. The van der Waals surface area contributed by atoms with Crippen LogP contribution in [0, 0.1) is 0 Å². The molecule has 2 aliphatic rings. The minimum Gasteiger partial charge on any atom is -0.372 e. The van der Waals surface area contributed by atoms with Gasteiger partial charge in [-0.3, -0.25) is 9.59 Å². The number of nitrogens with zero attached hydrogens (tertiary/aromatic N) is 2. The summed E-state index contributed by atoms with van der Waals surface area (Å²) in [5, 5.41) is 0. The van der Waals surface area contributed by atoms with Crippen LogP contribution >= 0.6 is 0 Å². The minimum absolute atomic E-state index is 0.00289. The van der Waals surface area contributed by atoms with E-state index in [1.54, 1.807) is 4.90 Å². The second-order valence-corrected chi connectivity index (χ2v) is 8.97. The number of carbonyl (C=O) groups excluding carboxylic acids is 2. The third-order valence-electron chi connectivity index (χ3n) is 5.20. The maximum Gasteiger partial charge on any atom is 0.248 e. The number of benzene rings is 1. The summed E-state index contributed by atoms with van der Waals surface area (Å²) in [6, 6.07) is 9.38. The number of ether oxygens (including phenoxy) is 1. The van der Waals surface area contributed by atoms with Gasteiger partial charge in [-0.1, -0.05) is 30.3 Å². The zero-order valence-electron chi connectivity index (χ0n) is 14.9. The van der Waals surface area contributed by atoms with E-state index < -0.39 is 20.5 Å². The van der Waals surface area contributed by atoms with Gasteiger partial charge in [0.15, 0.2) is 9.84 Å². The van der Waals surface area contributed by atoms with Crippen molar-refractivity contribution in [1.29, 1.82) is 0 Å². The SMILES string of the molecule is CCOCC(=O)N1CCC2(CC1)N(Cc1ccccc1)C(=O)CS2(=O)=O. The number of rotatable bonds is 5. The Bertz CT molecular complexity index is 770. The van der Waals surface area contributed by atoms with Gasteiger partial charge < -0.3 is 14.5 Å². The molecule has 7 nitrogen and oxygen atoms in total. The molecular weight excluding hydrogens is 356 g/mol. The van der Waals surface area contributed by atoms with Gasteiger partial charge in [-0.15, -0.1) is 0 Å². The summed E-state index contributed by atoms with van der Waals surface area (Å²) in [5.41, 5.74) is 0.896. The van der Waals surface area contributed by atoms with Crippen LogP contribution in [-0.4, -0.2) is 67.0 Å². The molecule has 0 aliphatic carbocycles. The molecule has 0 N–H and O–H groups in total. The lowest BCUT2D eigenvalue weighted by atomic mass is 10.0. The van der Waals surface area contributed by atoms with Crippen molar-refractivity contribution >= 4 is 21.7 Å². The molecule has 2 aliphatic heterocycles. The van der Waals surface area contributed by atoms with Crippen LogP contribution in [0.4, 0.5) is 0 Å². The highest BCUT2D eigenvalue weighted by molar-refractivity contribution is 7.93. The number of hydrogen-bond acceptors (Lipinski definition) is 5. The van der Waals surface area contributed by atoms with Crippen molar-refractivity contribution < 1.29 is 22.7 Å².